The van der Waals surface area contributed by atoms with Gasteiger partial charge in [0.2, 0.25) is 5.28 Å². The van der Waals surface area contributed by atoms with Crippen molar-refractivity contribution in [2.75, 3.05) is 5.32 Å². The molecule has 0 aliphatic rings. The summed E-state index contributed by atoms with van der Waals surface area (Å²) in [6.07, 6.45) is 0. The largest absolute Gasteiger partial charge is 0.340 e. The smallest absolute Gasteiger partial charge is 0.225 e. The monoisotopic (exact) mass is 289 g/mol. The van der Waals surface area contributed by atoms with E-state index in [1.807, 2.05) is 12.1 Å². The molecule has 0 saturated heterocycles. The molecule has 0 unspecified atom stereocenters. The van der Waals surface area contributed by atoms with Gasteiger partial charge in [-0.25, -0.2) is 4.98 Å². The van der Waals surface area contributed by atoms with Gasteiger partial charge in [-0.15, -0.1) is 11.3 Å². The van der Waals surface area contributed by atoms with E-state index in [1.165, 1.54) is 10.4 Å². The second-order valence-electron chi connectivity index (χ2n) is 4.41. The first-order valence-corrected chi connectivity index (χ1v) is 7.08. The molecular formula is C14H12ClN3S. The molecule has 0 bridgehead atoms. The Balaban J connectivity index is 2.06. The van der Waals surface area contributed by atoms with E-state index < -0.39 is 0 Å². The topological polar surface area (TPSA) is 37.8 Å². The molecule has 19 heavy (non-hydrogen) atoms. The Morgan fingerprint density at radius 3 is 2.58 bits per heavy atom. The van der Waals surface area contributed by atoms with Crippen LogP contribution in [0.5, 0.6) is 0 Å². The number of hydrogen-bond donors (Lipinski definition) is 1. The number of nitrogens with one attached hydrogen (secondary N) is 1. The molecule has 0 amide bonds. The van der Waals surface area contributed by atoms with Crippen molar-refractivity contribution in [2.24, 2.45) is 0 Å². The molecule has 96 valence electrons. The standard InChI is InChI=1S/C14H12ClN3S/c1-8-3-5-10(6-4-8)16-12-11-7-9(2)19-13(11)18-14(15)17-12/h3-7H,1-2H3,(H,16,17,18). The van der Waals surface area contributed by atoms with E-state index in [1.54, 1.807) is 11.3 Å². The lowest BCUT2D eigenvalue weighted by atomic mass is 10.2. The van der Waals surface area contributed by atoms with Gasteiger partial charge in [0.15, 0.2) is 0 Å². The Labute approximate surface area is 120 Å². The first-order chi connectivity index (χ1) is 9.11. The average Bonchev–Trinajstić information content (AvgIpc) is 2.72. The Bertz CT molecular complexity index is 734. The summed E-state index contributed by atoms with van der Waals surface area (Å²) in [4.78, 5) is 10.6. The van der Waals surface area contributed by atoms with E-state index in [0.717, 1.165) is 21.7 Å². The van der Waals surface area contributed by atoms with Crippen LogP contribution in [0.4, 0.5) is 11.5 Å². The zero-order chi connectivity index (χ0) is 13.4. The average molecular weight is 290 g/mol. The number of benzene rings is 1. The van der Waals surface area contributed by atoms with Crippen LogP contribution in [0.25, 0.3) is 10.2 Å². The van der Waals surface area contributed by atoms with Gasteiger partial charge in [0.25, 0.3) is 0 Å². The van der Waals surface area contributed by atoms with Crippen molar-refractivity contribution in [1.82, 2.24) is 9.97 Å². The van der Waals surface area contributed by atoms with Crippen molar-refractivity contribution >= 4 is 44.7 Å². The number of nitrogens with zero attached hydrogens (tertiary/aromatic N) is 2. The third-order valence-electron chi connectivity index (χ3n) is 2.80. The molecule has 3 rings (SSSR count). The predicted octanol–water partition coefficient (Wildman–Crippen LogP) is 4.71. The lowest BCUT2D eigenvalue weighted by Crippen LogP contribution is -1.95. The van der Waals surface area contributed by atoms with E-state index in [0.29, 0.717) is 0 Å². The predicted molar refractivity (Wildman–Crippen MR) is 81.6 cm³/mol. The third kappa shape index (κ3) is 2.55. The Morgan fingerprint density at radius 1 is 1.11 bits per heavy atom. The van der Waals surface area contributed by atoms with Crippen LogP contribution in [0.2, 0.25) is 5.28 Å². The molecule has 0 fully saturated rings. The summed E-state index contributed by atoms with van der Waals surface area (Å²) in [5.41, 5.74) is 2.22. The molecule has 0 saturated carbocycles. The number of anilines is 2. The van der Waals surface area contributed by atoms with Crippen LogP contribution in [0.3, 0.4) is 0 Å². The van der Waals surface area contributed by atoms with Gasteiger partial charge in [0.1, 0.15) is 10.6 Å². The SMILES string of the molecule is Cc1ccc(Nc2nc(Cl)nc3sc(C)cc23)cc1. The van der Waals surface area contributed by atoms with Crippen molar-refractivity contribution in [1.29, 1.82) is 0 Å². The minimum atomic E-state index is 0.268. The molecule has 2 heterocycles. The van der Waals surface area contributed by atoms with Gasteiger partial charge in [-0.1, -0.05) is 17.7 Å². The summed E-state index contributed by atoms with van der Waals surface area (Å²) in [5.74, 6) is 0.753. The van der Waals surface area contributed by atoms with Crippen molar-refractivity contribution in [3.63, 3.8) is 0 Å². The van der Waals surface area contributed by atoms with Crippen molar-refractivity contribution in [3.8, 4) is 0 Å². The van der Waals surface area contributed by atoms with Crippen LogP contribution in [0, 0.1) is 13.8 Å². The Morgan fingerprint density at radius 2 is 1.84 bits per heavy atom. The minimum absolute atomic E-state index is 0.268. The van der Waals surface area contributed by atoms with Crippen LogP contribution < -0.4 is 5.32 Å². The fourth-order valence-electron chi connectivity index (χ4n) is 1.88. The summed E-state index contributed by atoms with van der Waals surface area (Å²) in [6.45, 7) is 4.11. The van der Waals surface area contributed by atoms with Gasteiger partial charge in [0, 0.05) is 10.6 Å². The molecule has 0 atom stereocenters. The van der Waals surface area contributed by atoms with E-state index in [2.05, 4.69) is 47.3 Å². The molecule has 5 heteroatoms. The number of halogens is 1. The van der Waals surface area contributed by atoms with Crippen LogP contribution in [0.15, 0.2) is 30.3 Å². The lowest BCUT2D eigenvalue weighted by Gasteiger charge is -2.07. The number of fused-ring (bicyclic) bond motifs is 1. The number of thiophene rings is 1. The highest BCUT2D eigenvalue weighted by Gasteiger charge is 2.09. The van der Waals surface area contributed by atoms with Gasteiger partial charge in [-0.05, 0) is 43.6 Å². The van der Waals surface area contributed by atoms with Gasteiger partial charge >= 0.3 is 0 Å². The number of aryl methyl sites for hydroxylation is 2. The molecule has 0 aliphatic heterocycles. The Kier molecular flexibility index (Phi) is 3.12. The summed E-state index contributed by atoms with van der Waals surface area (Å²) < 4.78 is 0. The zero-order valence-corrected chi connectivity index (χ0v) is 12.1. The van der Waals surface area contributed by atoms with Gasteiger partial charge in [-0.2, -0.15) is 4.98 Å². The molecule has 3 aromatic rings. The van der Waals surface area contributed by atoms with E-state index in [4.69, 9.17) is 11.6 Å². The lowest BCUT2D eigenvalue weighted by molar-refractivity contribution is 1.23. The number of hydrogen-bond acceptors (Lipinski definition) is 4. The zero-order valence-electron chi connectivity index (χ0n) is 10.6. The summed E-state index contributed by atoms with van der Waals surface area (Å²) in [5, 5.41) is 4.57. The highest BCUT2D eigenvalue weighted by molar-refractivity contribution is 7.18. The highest BCUT2D eigenvalue weighted by atomic mass is 35.5. The quantitative estimate of drug-likeness (QED) is 0.695. The molecule has 2 aromatic heterocycles. The first kappa shape index (κ1) is 12.4. The van der Waals surface area contributed by atoms with Gasteiger partial charge in [-0.3, -0.25) is 0 Å². The molecule has 0 spiro atoms. The van der Waals surface area contributed by atoms with E-state index in [9.17, 15) is 0 Å². The van der Waals surface area contributed by atoms with Gasteiger partial charge in [0.05, 0.1) is 5.39 Å². The second-order valence-corrected chi connectivity index (χ2v) is 5.98. The molecule has 0 aliphatic carbocycles. The minimum Gasteiger partial charge on any atom is -0.340 e. The van der Waals surface area contributed by atoms with E-state index >= 15 is 0 Å². The summed E-state index contributed by atoms with van der Waals surface area (Å²) in [6, 6.07) is 10.2. The maximum Gasteiger partial charge on any atom is 0.225 e. The highest BCUT2D eigenvalue weighted by Crippen LogP contribution is 2.31. The van der Waals surface area contributed by atoms with Crippen LogP contribution in [-0.4, -0.2) is 9.97 Å². The van der Waals surface area contributed by atoms with Crippen molar-refractivity contribution in [2.45, 2.75) is 13.8 Å². The molecular weight excluding hydrogens is 278 g/mol. The summed E-state index contributed by atoms with van der Waals surface area (Å²) in [7, 11) is 0. The van der Waals surface area contributed by atoms with Crippen LogP contribution in [0.1, 0.15) is 10.4 Å². The second kappa shape index (κ2) is 4.79. The molecule has 1 aromatic carbocycles. The first-order valence-electron chi connectivity index (χ1n) is 5.89. The number of aromatic nitrogens is 2. The fourth-order valence-corrected chi connectivity index (χ4v) is 2.98. The van der Waals surface area contributed by atoms with Crippen molar-refractivity contribution < 1.29 is 0 Å². The summed E-state index contributed by atoms with van der Waals surface area (Å²) >= 11 is 7.59. The maximum absolute atomic E-state index is 5.97. The fraction of sp³-hybridized carbons (Fsp3) is 0.143. The molecule has 1 N–H and O–H groups in total. The number of rotatable bonds is 2. The van der Waals surface area contributed by atoms with Gasteiger partial charge < -0.3 is 5.32 Å². The normalized spacial score (nSPS) is 10.9. The van der Waals surface area contributed by atoms with Crippen LogP contribution in [-0.2, 0) is 0 Å². The molecule has 0 radical (unpaired) electrons. The third-order valence-corrected chi connectivity index (χ3v) is 3.92. The Hall–Kier alpha value is -1.65. The van der Waals surface area contributed by atoms with Crippen molar-refractivity contribution in [3.05, 3.63) is 46.1 Å². The van der Waals surface area contributed by atoms with E-state index in [-0.39, 0.29) is 5.28 Å². The molecule has 3 nitrogen and oxygen atoms in total. The van der Waals surface area contributed by atoms with Crippen LogP contribution >= 0.6 is 22.9 Å². The maximum atomic E-state index is 5.97.